The summed E-state index contributed by atoms with van der Waals surface area (Å²) in [7, 11) is 3.31. The summed E-state index contributed by atoms with van der Waals surface area (Å²) in [6, 6.07) is -0.586. The number of likely N-dealkylation sites (N-methyl/N-ethyl adjacent to an activating group) is 1. The highest BCUT2D eigenvalue weighted by molar-refractivity contribution is 7.99. The Kier molecular flexibility index (Phi) is 3.84. The van der Waals surface area contributed by atoms with Gasteiger partial charge in [-0.1, -0.05) is 11.8 Å². The van der Waals surface area contributed by atoms with Crippen LogP contribution in [0.2, 0.25) is 0 Å². The van der Waals surface area contributed by atoms with E-state index < -0.39 is 12.0 Å². The van der Waals surface area contributed by atoms with Crippen LogP contribution in [0.25, 0.3) is 0 Å². The van der Waals surface area contributed by atoms with E-state index in [0.29, 0.717) is 10.9 Å². The molecule has 0 aliphatic carbocycles. The molecule has 2 N–H and O–H groups in total. The number of nitrogens with zero attached hydrogens (tertiary/aromatic N) is 4. The Bertz CT molecular complexity index is 315. The minimum Gasteiger partial charge on any atom is -0.480 e. The fraction of sp³-hybridized carbons (Fsp3) is 0.667. The van der Waals surface area contributed by atoms with Crippen molar-refractivity contribution >= 4 is 17.7 Å². The largest absolute Gasteiger partial charge is 0.480 e. The molecule has 8 heteroatoms. The Labute approximate surface area is 84.9 Å². The lowest BCUT2D eigenvalue weighted by molar-refractivity contribution is -0.138. The van der Waals surface area contributed by atoms with Crippen molar-refractivity contribution in [1.29, 1.82) is 0 Å². The molecule has 0 saturated heterocycles. The maximum Gasteiger partial charge on any atom is 0.321 e. The van der Waals surface area contributed by atoms with Crippen molar-refractivity contribution in [1.82, 2.24) is 25.5 Å². The highest BCUT2D eigenvalue weighted by Gasteiger charge is 2.16. The van der Waals surface area contributed by atoms with Crippen molar-refractivity contribution in [3.63, 3.8) is 0 Å². The predicted molar refractivity (Wildman–Crippen MR) is 50.0 cm³/mol. The van der Waals surface area contributed by atoms with Gasteiger partial charge in [-0.25, -0.2) is 4.68 Å². The maximum atomic E-state index is 10.6. The number of thioether (sulfide) groups is 1. The van der Waals surface area contributed by atoms with Gasteiger partial charge in [0.25, 0.3) is 0 Å². The van der Waals surface area contributed by atoms with Crippen molar-refractivity contribution in [3.8, 4) is 0 Å². The minimum absolute atomic E-state index is 0.389. The smallest absolute Gasteiger partial charge is 0.321 e. The molecule has 7 nitrogen and oxygen atoms in total. The molecule has 1 aromatic rings. The van der Waals surface area contributed by atoms with E-state index in [2.05, 4.69) is 20.8 Å². The van der Waals surface area contributed by atoms with E-state index in [4.69, 9.17) is 5.11 Å². The number of hydrogen-bond acceptors (Lipinski definition) is 6. The molecule has 14 heavy (non-hydrogen) atoms. The van der Waals surface area contributed by atoms with Gasteiger partial charge in [-0.3, -0.25) is 4.79 Å². The zero-order valence-electron chi connectivity index (χ0n) is 7.84. The summed E-state index contributed by atoms with van der Waals surface area (Å²) in [6.45, 7) is 0. The van der Waals surface area contributed by atoms with Crippen LogP contribution in [0.5, 0.6) is 0 Å². The highest BCUT2D eigenvalue weighted by Crippen LogP contribution is 2.13. The van der Waals surface area contributed by atoms with E-state index >= 15 is 0 Å². The first-order valence-corrected chi connectivity index (χ1v) is 4.89. The van der Waals surface area contributed by atoms with Crippen LogP contribution in [-0.2, 0) is 11.8 Å². The second-order valence-electron chi connectivity index (χ2n) is 2.58. The molecule has 0 fully saturated rings. The van der Waals surface area contributed by atoms with Gasteiger partial charge in [0.15, 0.2) is 0 Å². The molecule has 1 unspecified atom stereocenters. The highest BCUT2D eigenvalue weighted by atomic mass is 32.2. The summed E-state index contributed by atoms with van der Waals surface area (Å²) < 4.78 is 1.50. The molecule has 78 valence electrons. The van der Waals surface area contributed by atoms with Crippen molar-refractivity contribution in [2.75, 3.05) is 12.8 Å². The summed E-state index contributed by atoms with van der Waals surface area (Å²) in [5.41, 5.74) is 0. The van der Waals surface area contributed by atoms with Crippen LogP contribution in [0.15, 0.2) is 5.16 Å². The Morgan fingerprint density at radius 2 is 2.50 bits per heavy atom. The van der Waals surface area contributed by atoms with Crippen molar-refractivity contribution in [2.24, 2.45) is 7.05 Å². The molecule has 1 rings (SSSR count). The summed E-state index contributed by atoms with van der Waals surface area (Å²) in [5, 5.41) is 22.8. The van der Waals surface area contributed by atoms with Crippen molar-refractivity contribution < 1.29 is 9.90 Å². The molecular weight excluding hydrogens is 206 g/mol. The molecule has 0 amide bonds. The van der Waals surface area contributed by atoms with Gasteiger partial charge < -0.3 is 10.4 Å². The van der Waals surface area contributed by atoms with Crippen LogP contribution < -0.4 is 5.32 Å². The number of carboxylic acid groups (broad SMARTS) is 1. The van der Waals surface area contributed by atoms with Crippen LogP contribution in [0.4, 0.5) is 0 Å². The van der Waals surface area contributed by atoms with Crippen LogP contribution in [0.1, 0.15) is 0 Å². The topological polar surface area (TPSA) is 92.9 Å². The molecule has 0 saturated carbocycles. The van der Waals surface area contributed by atoms with Gasteiger partial charge in [-0.15, -0.1) is 5.10 Å². The van der Waals surface area contributed by atoms with Crippen molar-refractivity contribution in [2.45, 2.75) is 11.2 Å². The lowest BCUT2D eigenvalue weighted by atomic mass is 10.3. The summed E-state index contributed by atoms with van der Waals surface area (Å²) in [6.07, 6.45) is 0. The lowest BCUT2D eigenvalue weighted by Gasteiger charge is -2.08. The van der Waals surface area contributed by atoms with Crippen LogP contribution >= 0.6 is 11.8 Å². The van der Waals surface area contributed by atoms with Crippen LogP contribution in [-0.4, -0.2) is 50.1 Å². The third kappa shape index (κ3) is 2.67. The average Bonchev–Trinajstić information content (AvgIpc) is 2.52. The van der Waals surface area contributed by atoms with Crippen LogP contribution in [0.3, 0.4) is 0 Å². The number of aromatic nitrogens is 4. The SMILES string of the molecule is CNC(CSc1nnnn1C)C(=O)O. The first kappa shape index (κ1) is 10.9. The van der Waals surface area contributed by atoms with Gasteiger partial charge in [0.2, 0.25) is 5.16 Å². The second-order valence-corrected chi connectivity index (χ2v) is 3.56. The quantitative estimate of drug-likeness (QED) is 0.609. The summed E-state index contributed by atoms with van der Waals surface area (Å²) in [5.74, 6) is -0.491. The number of aliphatic carboxylic acids is 1. The molecule has 0 bridgehead atoms. The Morgan fingerprint density at radius 1 is 1.79 bits per heavy atom. The summed E-state index contributed by atoms with van der Waals surface area (Å²) in [4.78, 5) is 10.6. The van der Waals surface area contributed by atoms with E-state index in [9.17, 15) is 4.79 Å². The Hall–Kier alpha value is -1.15. The zero-order valence-corrected chi connectivity index (χ0v) is 8.65. The van der Waals surface area contributed by atoms with E-state index in [1.54, 1.807) is 14.1 Å². The van der Waals surface area contributed by atoms with Gasteiger partial charge in [0, 0.05) is 12.8 Å². The fourth-order valence-corrected chi connectivity index (χ4v) is 1.72. The zero-order chi connectivity index (χ0) is 10.6. The number of carbonyl (C=O) groups is 1. The summed E-state index contributed by atoms with van der Waals surface area (Å²) >= 11 is 1.30. The molecule has 0 aliphatic rings. The minimum atomic E-state index is -0.880. The molecular formula is C6H11N5O2S. The lowest BCUT2D eigenvalue weighted by Crippen LogP contribution is -2.36. The number of aryl methyl sites for hydroxylation is 1. The molecule has 1 heterocycles. The number of nitrogens with one attached hydrogen (secondary N) is 1. The Morgan fingerprint density at radius 3 is 2.93 bits per heavy atom. The van der Waals surface area contributed by atoms with Crippen molar-refractivity contribution in [3.05, 3.63) is 0 Å². The van der Waals surface area contributed by atoms with E-state index in [0.717, 1.165) is 0 Å². The van der Waals surface area contributed by atoms with Crippen LogP contribution in [0, 0.1) is 0 Å². The van der Waals surface area contributed by atoms with E-state index in [1.165, 1.54) is 16.4 Å². The number of hydrogen-bond donors (Lipinski definition) is 2. The molecule has 0 spiro atoms. The molecule has 1 aromatic heterocycles. The van der Waals surface area contributed by atoms with Gasteiger partial charge in [0.05, 0.1) is 0 Å². The molecule has 1 atom stereocenters. The predicted octanol–water partition coefficient (Wildman–Crippen LogP) is -1.03. The third-order valence-corrected chi connectivity index (χ3v) is 2.71. The number of carboxylic acids is 1. The molecule has 0 radical (unpaired) electrons. The van der Waals surface area contributed by atoms with Gasteiger partial charge in [-0.2, -0.15) is 0 Å². The maximum absolute atomic E-state index is 10.6. The fourth-order valence-electron chi connectivity index (χ4n) is 0.779. The monoisotopic (exact) mass is 217 g/mol. The average molecular weight is 217 g/mol. The number of rotatable bonds is 5. The molecule has 0 aliphatic heterocycles. The number of tetrazole rings is 1. The van der Waals surface area contributed by atoms with E-state index in [-0.39, 0.29) is 0 Å². The van der Waals surface area contributed by atoms with Gasteiger partial charge >= 0.3 is 5.97 Å². The molecule has 0 aromatic carbocycles. The third-order valence-electron chi connectivity index (χ3n) is 1.61. The van der Waals surface area contributed by atoms with Gasteiger partial charge in [-0.05, 0) is 17.5 Å². The standard InChI is InChI=1S/C6H11N5O2S/c1-7-4(5(12)13)3-14-6-8-9-10-11(6)2/h4,7H,3H2,1-2H3,(H,12,13). The van der Waals surface area contributed by atoms with E-state index in [1.807, 2.05) is 0 Å². The van der Waals surface area contributed by atoms with Gasteiger partial charge in [0.1, 0.15) is 6.04 Å². The normalized spacial score (nSPS) is 12.7. The first-order valence-electron chi connectivity index (χ1n) is 3.90. The first-order chi connectivity index (χ1) is 6.65. The Balaban J connectivity index is 2.47. The second kappa shape index (κ2) is 4.91.